The van der Waals surface area contributed by atoms with E-state index in [1.165, 1.54) is 35.6 Å². The van der Waals surface area contributed by atoms with E-state index in [0.29, 0.717) is 34.3 Å². The van der Waals surface area contributed by atoms with Gasteiger partial charge in [0.15, 0.2) is 16.6 Å². The predicted octanol–water partition coefficient (Wildman–Crippen LogP) is 3.87. The molecule has 0 spiro atoms. The van der Waals surface area contributed by atoms with Gasteiger partial charge in [0.05, 0.1) is 10.6 Å². The van der Waals surface area contributed by atoms with E-state index in [0.717, 1.165) is 5.56 Å². The Kier molecular flexibility index (Phi) is 5.94. The quantitative estimate of drug-likeness (QED) is 0.556. The van der Waals surface area contributed by atoms with Crippen molar-refractivity contribution in [3.05, 3.63) is 53.4 Å². The van der Waals surface area contributed by atoms with Crippen LogP contribution in [0.2, 0.25) is 0 Å². The molecule has 0 fully saturated rings. The predicted molar refractivity (Wildman–Crippen MR) is 118 cm³/mol. The molecule has 3 aromatic rings. The third kappa shape index (κ3) is 4.71. The molecule has 1 atom stereocenters. The van der Waals surface area contributed by atoms with Gasteiger partial charge in [-0.1, -0.05) is 6.92 Å². The first-order valence-electron chi connectivity index (χ1n) is 9.65. The maximum Gasteiger partial charge on any atom is 0.257 e. The second-order valence-corrected chi connectivity index (χ2v) is 9.59. The molecule has 1 aliphatic heterocycles. The molecule has 0 saturated carbocycles. The van der Waals surface area contributed by atoms with E-state index in [1.807, 2.05) is 30.5 Å². The summed E-state index contributed by atoms with van der Waals surface area (Å²) in [5, 5.41) is 5.02. The number of nitrogens with one attached hydrogen (secondary N) is 2. The number of nitrogens with zero attached hydrogens (tertiary/aromatic N) is 1. The van der Waals surface area contributed by atoms with Crippen LogP contribution in [0.3, 0.4) is 0 Å². The molecule has 2 heterocycles. The topological polar surface area (TPSA) is 107 Å². The van der Waals surface area contributed by atoms with Crippen molar-refractivity contribution in [2.45, 2.75) is 31.2 Å². The van der Waals surface area contributed by atoms with Crippen molar-refractivity contribution in [3.63, 3.8) is 0 Å². The standard InChI is InChI=1S/C21H21N3O5S2/c1-3-13(2)24-31(26,27)16-7-4-14(5-8-16)20(25)23-21-22-17(11-30-21)15-6-9-18-19(10-15)29-12-28-18/h4-11,13,24H,3,12H2,1-2H3,(H,22,23,25). The van der Waals surface area contributed by atoms with Gasteiger partial charge in [0.1, 0.15) is 0 Å². The summed E-state index contributed by atoms with van der Waals surface area (Å²) in [6.45, 7) is 3.90. The minimum Gasteiger partial charge on any atom is -0.454 e. The van der Waals surface area contributed by atoms with Crippen molar-refractivity contribution in [3.8, 4) is 22.8 Å². The van der Waals surface area contributed by atoms with Gasteiger partial charge in [-0.2, -0.15) is 0 Å². The molecule has 31 heavy (non-hydrogen) atoms. The van der Waals surface area contributed by atoms with Gasteiger partial charge < -0.3 is 9.47 Å². The Labute approximate surface area is 184 Å². The Hall–Kier alpha value is -2.95. The number of sulfonamides is 1. The first-order valence-corrected chi connectivity index (χ1v) is 12.0. The van der Waals surface area contributed by atoms with Crippen LogP contribution in [0.15, 0.2) is 52.7 Å². The maximum atomic E-state index is 12.6. The molecule has 4 rings (SSSR count). The van der Waals surface area contributed by atoms with Crippen molar-refractivity contribution >= 4 is 32.4 Å². The molecule has 1 aromatic heterocycles. The molecule has 1 amide bonds. The lowest BCUT2D eigenvalue weighted by Crippen LogP contribution is -2.32. The molecular formula is C21H21N3O5S2. The third-order valence-corrected chi connectivity index (χ3v) is 7.15. The first-order chi connectivity index (χ1) is 14.9. The summed E-state index contributed by atoms with van der Waals surface area (Å²) in [4.78, 5) is 17.1. The number of carbonyl (C=O) groups excluding carboxylic acids is 1. The van der Waals surface area contributed by atoms with Crippen molar-refractivity contribution in [1.29, 1.82) is 0 Å². The zero-order valence-electron chi connectivity index (χ0n) is 16.9. The minimum absolute atomic E-state index is 0.115. The average Bonchev–Trinajstić information content (AvgIpc) is 3.42. The number of aromatic nitrogens is 1. The number of benzene rings is 2. The zero-order chi connectivity index (χ0) is 22.0. The smallest absolute Gasteiger partial charge is 0.257 e. The number of amides is 1. The summed E-state index contributed by atoms with van der Waals surface area (Å²) in [5.74, 6) is 0.983. The normalized spacial score (nSPS) is 13.7. The second-order valence-electron chi connectivity index (χ2n) is 7.02. The first kappa shape index (κ1) is 21.3. The maximum absolute atomic E-state index is 12.6. The second kappa shape index (κ2) is 8.66. The Morgan fingerprint density at radius 3 is 2.65 bits per heavy atom. The van der Waals surface area contributed by atoms with Crippen LogP contribution in [0.4, 0.5) is 5.13 Å². The molecular weight excluding hydrogens is 438 g/mol. The van der Waals surface area contributed by atoms with Gasteiger partial charge in [0, 0.05) is 22.5 Å². The van der Waals surface area contributed by atoms with E-state index < -0.39 is 10.0 Å². The van der Waals surface area contributed by atoms with Crippen LogP contribution in [-0.2, 0) is 10.0 Å². The molecule has 8 nitrogen and oxygen atoms in total. The van der Waals surface area contributed by atoms with Crippen LogP contribution >= 0.6 is 11.3 Å². The Morgan fingerprint density at radius 1 is 1.16 bits per heavy atom. The molecule has 2 N–H and O–H groups in total. The number of ether oxygens (including phenoxy) is 2. The van der Waals surface area contributed by atoms with Gasteiger partial charge in [-0.05, 0) is 55.8 Å². The van der Waals surface area contributed by atoms with E-state index in [2.05, 4.69) is 15.0 Å². The average molecular weight is 460 g/mol. The van der Waals surface area contributed by atoms with E-state index in [9.17, 15) is 13.2 Å². The van der Waals surface area contributed by atoms with Crippen molar-refractivity contribution in [1.82, 2.24) is 9.71 Å². The van der Waals surface area contributed by atoms with E-state index in [4.69, 9.17) is 9.47 Å². The molecule has 2 aromatic carbocycles. The lowest BCUT2D eigenvalue weighted by atomic mass is 10.1. The monoisotopic (exact) mass is 459 g/mol. The molecule has 1 unspecified atom stereocenters. The summed E-state index contributed by atoms with van der Waals surface area (Å²) in [6, 6.07) is 11.2. The Morgan fingerprint density at radius 2 is 1.90 bits per heavy atom. The summed E-state index contributed by atoms with van der Waals surface area (Å²) in [7, 11) is -3.62. The fraction of sp³-hybridized carbons (Fsp3) is 0.238. The van der Waals surface area contributed by atoms with Gasteiger partial charge in [0.2, 0.25) is 16.8 Å². The van der Waals surface area contributed by atoms with E-state index in [1.54, 1.807) is 6.92 Å². The summed E-state index contributed by atoms with van der Waals surface area (Å²) >= 11 is 1.30. The van der Waals surface area contributed by atoms with Gasteiger partial charge >= 0.3 is 0 Å². The number of hydrogen-bond donors (Lipinski definition) is 2. The highest BCUT2D eigenvalue weighted by atomic mass is 32.2. The molecule has 0 saturated heterocycles. The number of anilines is 1. The van der Waals surface area contributed by atoms with E-state index in [-0.39, 0.29) is 23.6 Å². The van der Waals surface area contributed by atoms with Crippen molar-refractivity contribution in [2.24, 2.45) is 0 Å². The lowest BCUT2D eigenvalue weighted by molar-refractivity contribution is 0.102. The third-order valence-electron chi connectivity index (χ3n) is 4.79. The zero-order valence-corrected chi connectivity index (χ0v) is 18.5. The summed E-state index contributed by atoms with van der Waals surface area (Å²) < 4.78 is 38.0. The molecule has 0 aliphatic carbocycles. The van der Waals surface area contributed by atoms with Crippen LogP contribution in [0.5, 0.6) is 11.5 Å². The highest BCUT2D eigenvalue weighted by Crippen LogP contribution is 2.36. The van der Waals surface area contributed by atoms with Crippen molar-refractivity contribution in [2.75, 3.05) is 12.1 Å². The molecule has 1 aliphatic rings. The largest absolute Gasteiger partial charge is 0.454 e. The van der Waals surface area contributed by atoms with Crippen molar-refractivity contribution < 1.29 is 22.7 Å². The number of carbonyl (C=O) groups is 1. The molecule has 0 bridgehead atoms. The molecule has 0 radical (unpaired) electrons. The fourth-order valence-corrected chi connectivity index (χ4v) is 4.93. The Balaban J connectivity index is 1.44. The van der Waals surface area contributed by atoms with Gasteiger partial charge in [-0.3, -0.25) is 10.1 Å². The van der Waals surface area contributed by atoms with Gasteiger partial charge in [0.25, 0.3) is 5.91 Å². The lowest BCUT2D eigenvalue weighted by Gasteiger charge is -2.12. The van der Waals surface area contributed by atoms with Crippen LogP contribution in [0.25, 0.3) is 11.3 Å². The SMILES string of the molecule is CCC(C)NS(=O)(=O)c1ccc(C(=O)Nc2nc(-c3ccc4c(c3)OCO4)cs2)cc1. The minimum atomic E-state index is -3.62. The Bertz CT molecular complexity index is 1210. The van der Waals surface area contributed by atoms with Crippen LogP contribution in [0.1, 0.15) is 30.6 Å². The highest BCUT2D eigenvalue weighted by Gasteiger charge is 2.18. The molecule has 162 valence electrons. The van der Waals surface area contributed by atoms with Gasteiger partial charge in [-0.25, -0.2) is 18.1 Å². The number of thiazole rings is 1. The van der Waals surface area contributed by atoms with E-state index >= 15 is 0 Å². The van der Waals surface area contributed by atoms with Crippen LogP contribution in [0, 0.1) is 0 Å². The number of rotatable bonds is 7. The number of fused-ring (bicyclic) bond motifs is 1. The highest BCUT2D eigenvalue weighted by molar-refractivity contribution is 7.89. The fourth-order valence-electron chi connectivity index (χ4n) is 2.89. The van der Waals surface area contributed by atoms with Crippen LogP contribution in [-0.4, -0.2) is 32.1 Å². The van der Waals surface area contributed by atoms with Crippen LogP contribution < -0.4 is 19.5 Å². The molecule has 10 heteroatoms. The van der Waals surface area contributed by atoms with Gasteiger partial charge in [-0.15, -0.1) is 11.3 Å². The summed E-state index contributed by atoms with van der Waals surface area (Å²) in [5.41, 5.74) is 1.89. The summed E-state index contributed by atoms with van der Waals surface area (Å²) in [6.07, 6.45) is 0.682. The number of hydrogen-bond acceptors (Lipinski definition) is 7.